The molecule has 2 aliphatic rings. The summed E-state index contributed by atoms with van der Waals surface area (Å²) in [7, 11) is 0. The van der Waals surface area contributed by atoms with Crippen LogP contribution < -0.4 is 5.32 Å². The van der Waals surface area contributed by atoms with Gasteiger partial charge in [0.05, 0.1) is 0 Å². The maximum Gasteiger partial charge on any atom is 0.325 e. The number of rotatable bonds is 3. The first-order valence-electron chi connectivity index (χ1n) is 9.26. The van der Waals surface area contributed by atoms with Gasteiger partial charge in [-0.2, -0.15) is 0 Å². The van der Waals surface area contributed by atoms with Gasteiger partial charge in [0.1, 0.15) is 12.1 Å². The molecule has 0 bridgehead atoms. The number of nitrogens with zero attached hydrogens (tertiary/aromatic N) is 2. The van der Waals surface area contributed by atoms with Crippen molar-refractivity contribution in [2.45, 2.75) is 64.6 Å². The first-order chi connectivity index (χ1) is 12.2. The van der Waals surface area contributed by atoms with E-state index in [1.165, 1.54) is 0 Å². The molecule has 1 aromatic carbocycles. The molecular weight excluding hydrogens is 330 g/mol. The third kappa shape index (κ3) is 3.08. The molecule has 0 spiro atoms. The van der Waals surface area contributed by atoms with Gasteiger partial charge in [0.25, 0.3) is 5.91 Å². The molecule has 2 heterocycles. The Bertz CT molecular complexity index is 720. The van der Waals surface area contributed by atoms with Gasteiger partial charge < -0.3 is 10.2 Å². The van der Waals surface area contributed by atoms with Crippen LogP contribution in [0, 0.1) is 6.92 Å². The highest BCUT2D eigenvalue weighted by molar-refractivity contribution is 6.09. The fourth-order valence-corrected chi connectivity index (χ4v) is 4.05. The Morgan fingerprint density at radius 3 is 2.31 bits per heavy atom. The van der Waals surface area contributed by atoms with Crippen LogP contribution in [0.5, 0.6) is 0 Å². The highest BCUT2D eigenvalue weighted by Gasteiger charge is 2.50. The topological polar surface area (TPSA) is 69.7 Å². The second-order valence-corrected chi connectivity index (χ2v) is 7.74. The average molecular weight is 357 g/mol. The number of nitrogens with one attached hydrogen (secondary N) is 1. The average Bonchev–Trinajstić information content (AvgIpc) is 2.79. The van der Waals surface area contributed by atoms with Crippen molar-refractivity contribution in [2.24, 2.45) is 0 Å². The lowest BCUT2D eigenvalue weighted by molar-refractivity contribution is -0.142. The maximum absolute atomic E-state index is 13.0. The van der Waals surface area contributed by atoms with Crippen LogP contribution in [0.3, 0.4) is 0 Å². The van der Waals surface area contributed by atoms with Crippen LogP contribution in [0.4, 0.5) is 4.79 Å². The van der Waals surface area contributed by atoms with Gasteiger partial charge in [0, 0.05) is 12.1 Å². The second kappa shape index (κ2) is 6.74. The normalized spacial score (nSPS) is 29.1. The van der Waals surface area contributed by atoms with Gasteiger partial charge in [0.15, 0.2) is 0 Å². The van der Waals surface area contributed by atoms with Gasteiger partial charge in [0.2, 0.25) is 5.91 Å². The first-order valence-corrected chi connectivity index (χ1v) is 9.26. The highest BCUT2D eigenvalue weighted by atomic mass is 16.2. The van der Waals surface area contributed by atoms with Gasteiger partial charge >= 0.3 is 6.03 Å². The summed E-state index contributed by atoms with van der Waals surface area (Å²) in [5.41, 5.74) is 0.662. The minimum Gasteiger partial charge on any atom is -0.336 e. The summed E-state index contributed by atoms with van der Waals surface area (Å²) in [6.07, 6.45) is 3.01. The van der Waals surface area contributed by atoms with E-state index in [4.69, 9.17) is 0 Å². The molecule has 2 aliphatic heterocycles. The summed E-state index contributed by atoms with van der Waals surface area (Å²) in [4.78, 5) is 41.1. The number of hydrogen-bond acceptors (Lipinski definition) is 3. The van der Waals surface area contributed by atoms with Crippen molar-refractivity contribution in [3.05, 3.63) is 35.4 Å². The number of hydrogen-bond donors (Lipinski definition) is 1. The van der Waals surface area contributed by atoms with Gasteiger partial charge in [-0.3, -0.25) is 14.5 Å². The molecule has 0 aliphatic carbocycles. The van der Waals surface area contributed by atoms with E-state index in [0.717, 1.165) is 35.3 Å². The van der Waals surface area contributed by atoms with Crippen LogP contribution in [0.1, 0.15) is 51.2 Å². The fourth-order valence-electron chi connectivity index (χ4n) is 4.05. The number of likely N-dealkylation sites (tertiary alicyclic amines) is 1. The summed E-state index contributed by atoms with van der Waals surface area (Å²) in [5.74, 6) is -0.543. The fraction of sp³-hybridized carbons (Fsp3) is 0.550. The quantitative estimate of drug-likeness (QED) is 0.845. The van der Waals surface area contributed by atoms with Gasteiger partial charge in [-0.05, 0) is 52.5 Å². The Morgan fingerprint density at radius 1 is 1.15 bits per heavy atom. The van der Waals surface area contributed by atoms with Crippen LogP contribution in [-0.4, -0.2) is 46.3 Å². The van der Waals surface area contributed by atoms with Crippen LogP contribution in [0.25, 0.3) is 0 Å². The van der Waals surface area contributed by atoms with E-state index in [-0.39, 0.29) is 30.4 Å². The molecular formula is C20H27N3O3. The Kier molecular flexibility index (Phi) is 4.78. The number of imide groups is 1. The van der Waals surface area contributed by atoms with Crippen molar-refractivity contribution >= 4 is 17.8 Å². The largest absolute Gasteiger partial charge is 0.336 e. The highest BCUT2D eigenvalue weighted by Crippen LogP contribution is 2.30. The minimum atomic E-state index is -1.13. The van der Waals surface area contributed by atoms with E-state index < -0.39 is 11.6 Å². The van der Waals surface area contributed by atoms with Crippen molar-refractivity contribution in [3.63, 3.8) is 0 Å². The lowest BCUT2D eigenvalue weighted by atomic mass is 9.91. The Balaban J connectivity index is 1.79. The predicted octanol–water partition coefficient (Wildman–Crippen LogP) is 2.55. The lowest BCUT2D eigenvalue weighted by Gasteiger charge is -2.39. The van der Waals surface area contributed by atoms with Crippen molar-refractivity contribution in [1.29, 1.82) is 0 Å². The third-order valence-corrected chi connectivity index (χ3v) is 5.68. The summed E-state index contributed by atoms with van der Waals surface area (Å²) in [5, 5.41) is 2.76. The molecule has 1 aromatic rings. The van der Waals surface area contributed by atoms with Gasteiger partial charge in [-0.15, -0.1) is 0 Å². The van der Waals surface area contributed by atoms with Gasteiger partial charge in [-0.1, -0.05) is 29.8 Å². The zero-order valence-electron chi connectivity index (χ0n) is 15.9. The molecule has 140 valence electrons. The maximum atomic E-state index is 13.0. The van der Waals surface area contributed by atoms with Crippen LogP contribution >= 0.6 is 0 Å². The predicted molar refractivity (Wildman–Crippen MR) is 98.4 cm³/mol. The van der Waals surface area contributed by atoms with Crippen molar-refractivity contribution in [3.8, 4) is 0 Å². The molecule has 6 heteroatoms. The summed E-state index contributed by atoms with van der Waals surface area (Å²) in [6.45, 7) is 7.49. The van der Waals surface area contributed by atoms with Crippen molar-refractivity contribution in [1.82, 2.24) is 15.1 Å². The van der Waals surface area contributed by atoms with Crippen LogP contribution in [0.15, 0.2) is 24.3 Å². The van der Waals surface area contributed by atoms with E-state index in [2.05, 4.69) is 5.32 Å². The molecule has 6 nitrogen and oxygen atoms in total. The number of amides is 4. The molecule has 0 radical (unpaired) electrons. The zero-order chi connectivity index (χ0) is 19.1. The lowest BCUT2D eigenvalue weighted by Crippen LogP contribution is -2.52. The number of benzene rings is 1. The monoisotopic (exact) mass is 357 g/mol. The number of aryl methyl sites for hydroxylation is 1. The number of carbonyl (C=O) groups is 3. The molecule has 4 amide bonds. The van der Waals surface area contributed by atoms with Gasteiger partial charge in [-0.25, -0.2) is 4.79 Å². The van der Waals surface area contributed by atoms with E-state index in [1.54, 1.807) is 6.92 Å². The summed E-state index contributed by atoms with van der Waals surface area (Å²) in [6, 6.07) is 7.26. The molecule has 0 unspecified atom stereocenters. The standard InChI is InChI=1S/C20H27N3O3/c1-13-8-10-16(11-9-13)20(4)18(25)22(19(26)21-20)12-17(24)23-14(2)6-5-7-15(23)3/h8-11,14-15H,5-7,12H2,1-4H3,(H,21,26)/t14-,15+,20-/m1/s1. The number of piperidine rings is 1. The Morgan fingerprint density at radius 2 is 1.73 bits per heavy atom. The van der Waals surface area contributed by atoms with Crippen molar-refractivity contribution in [2.75, 3.05) is 6.54 Å². The molecule has 0 aromatic heterocycles. The van der Waals surface area contributed by atoms with E-state index in [0.29, 0.717) is 0 Å². The van der Waals surface area contributed by atoms with Crippen LogP contribution in [0.2, 0.25) is 0 Å². The first kappa shape index (κ1) is 18.4. The second-order valence-electron chi connectivity index (χ2n) is 7.74. The molecule has 2 fully saturated rings. The SMILES string of the molecule is Cc1ccc([C@@]2(C)NC(=O)N(CC(=O)N3[C@H](C)CCC[C@@H]3C)C2=O)cc1. The molecule has 26 heavy (non-hydrogen) atoms. The molecule has 1 N–H and O–H groups in total. The van der Waals surface area contributed by atoms with Crippen molar-refractivity contribution < 1.29 is 14.4 Å². The molecule has 2 saturated heterocycles. The Labute approximate surface area is 154 Å². The molecule has 0 saturated carbocycles. The van der Waals surface area contributed by atoms with E-state index in [9.17, 15) is 14.4 Å². The number of carbonyl (C=O) groups excluding carboxylic acids is 3. The summed E-state index contributed by atoms with van der Waals surface area (Å²) < 4.78 is 0. The third-order valence-electron chi connectivity index (χ3n) is 5.68. The Hall–Kier alpha value is -2.37. The van der Waals surface area contributed by atoms with E-state index >= 15 is 0 Å². The van der Waals surface area contributed by atoms with E-state index in [1.807, 2.05) is 49.9 Å². The summed E-state index contributed by atoms with van der Waals surface area (Å²) >= 11 is 0. The smallest absolute Gasteiger partial charge is 0.325 e. The minimum absolute atomic E-state index is 0.135. The molecule has 3 rings (SSSR count). The molecule has 3 atom stereocenters. The number of urea groups is 1. The zero-order valence-corrected chi connectivity index (χ0v) is 15.9. The van der Waals surface area contributed by atoms with Crippen LogP contribution in [-0.2, 0) is 15.1 Å².